The lowest BCUT2D eigenvalue weighted by atomic mass is 10.2. The lowest BCUT2D eigenvalue weighted by molar-refractivity contribution is 0.242. The first kappa shape index (κ1) is 27.0. The van der Waals surface area contributed by atoms with Crippen molar-refractivity contribution < 1.29 is 13.2 Å². The third kappa shape index (κ3) is 6.01. The Labute approximate surface area is 232 Å². The fraction of sp³-hybridized carbons (Fsp3) is 0.407. The minimum atomic E-state index is -3.50. The van der Waals surface area contributed by atoms with Crippen LogP contribution in [0.15, 0.2) is 59.5 Å². The molecule has 8 nitrogen and oxygen atoms in total. The highest BCUT2D eigenvalue weighted by molar-refractivity contribution is 7.88. The zero-order valence-corrected chi connectivity index (χ0v) is 23.5. The van der Waals surface area contributed by atoms with Gasteiger partial charge in [0.15, 0.2) is 0 Å². The van der Waals surface area contributed by atoms with Crippen molar-refractivity contribution in [2.24, 2.45) is 5.41 Å². The van der Waals surface area contributed by atoms with Crippen LogP contribution in [0.1, 0.15) is 30.9 Å². The molecule has 11 heteroatoms. The van der Waals surface area contributed by atoms with Gasteiger partial charge in [-0.15, -0.1) is 11.6 Å². The Hall–Kier alpha value is -2.59. The highest BCUT2D eigenvalue weighted by Gasteiger charge is 2.39. The molecule has 2 heterocycles. The van der Waals surface area contributed by atoms with E-state index in [2.05, 4.69) is 12.0 Å². The first-order chi connectivity index (χ1) is 18.2. The number of piperazine rings is 1. The molecule has 38 heavy (non-hydrogen) atoms. The number of benzene rings is 2. The number of anilines is 1. The molecular weight excluding hydrogens is 547 g/mol. The van der Waals surface area contributed by atoms with E-state index in [-0.39, 0.29) is 22.5 Å². The molecule has 1 saturated heterocycles. The van der Waals surface area contributed by atoms with Gasteiger partial charge in [0.05, 0.1) is 24.2 Å². The van der Waals surface area contributed by atoms with E-state index in [9.17, 15) is 13.2 Å². The van der Waals surface area contributed by atoms with Gasteiger partial charge in [-0.3, -0.25) is 4.79 Å². The Morgan fingerprint density at radius 2 is 1.71 bits per heavy atom. The topological polar surface area (TPSA) is 84.7 Å². The summed E-state index contributed by atoms with van der Waals surface area (Å²) in [5.74, 6) is 0.543. The summed E-state index contributed by atoms with van der Waals surface area (Å²) in [6.07, 6.45) is 3.73. The van der Waals surface area contributed by atoms with Crippen molar-refractivity contribution >= 4 is 38.9 Å². The molecular formula is C27H30Cl2N4O4S. The molecule has 1 aliphatic heterocycles. The molecule has 5 rings (SSSR count). The van der Waals surface area contributed by atoms with Crippen LogP contribution in [0.5, 0.6) is 5.75 Å². The van der Waals surface area contributed by atoms with Gasteiger partial charge in [-0.05, 0) is 42.2 Å². The van der Waals surface area contributed by atoms with Crippen LogP contribution in [0.25, 0.3) is 5.69 Å². The van der Waals surface area contributed by atoms with Gasteiger partial charge in [0.2, 0.25) is 15.8 Å². The molecule has 2 aromatic carbocycles. The number of ether oxygens (including phenoxy) is 1. The zero-order valence-electron chi connectivity index (χ0n) is 21.1. The quantitative estimate of drug-likeness (QED) is 0.350. The van der Waals surface area contributed by atoms with Crippen LogP contribution in [0.3, 0.4) is 0 Å². The first-order valence-electron chi connectivity index (χ1n) is 12.6. The van der Waals surface area contributed by atoms with Crippen molar-refractivity contribution in [1.29, 1.82) is 0 Å². The highest BCUT2D eigenvalue weighted by Crippen LogP contribution is 2.45. The van der Waals surface area contributed by atoms with Gasteiger partial charge in [0, 0.05) is 42.5 Å². The van der Waals surface area contributed by atoms with Crippen LogP contribution in [0.2, 0.25) is 5.02 Å². The summed E-state index contributed by atoms with van der Waals surface area (Å²) in [7, 11) is -3.50. The molecule has 1 saturated carbocycles. The zero-order chi connectivity index (χ0) is 26.9. The minimum absolute atomic E-state index is 0.0697. The second-order valence-corrected chi connectivity index (χ2v) is 12.9. The normalized spacial score (nSPS) is 17.4. The molecule has 0 N–H and O–H groups in total. The average molecular weight is 578 g/mol. The van der Waals surface area contributed by atoms with Gasteiger partial charge in [0.25, 0.3) is 0 Å². The highest BCUT2D eigenvalue weighted by atomic mass is 35.5. The Bertz CT molecular complexity index is 1470. The Morgan fingerprint density at radius 1 is 1.03 bits per heavy atom. The smallest absolute Gasteiger partial charge is 0.316 e. The molecule has 2 aliphatic rings. The van der Waals surface area contributed by atoms with Crippen molar-refractivity contribution in [2.45, 2.75) is 31.4 Å². The molecule has 0 amide bonds. The molecule has 202 valence electrons. The third-order valence-electron chi connectivity index (χ3n) is 7.14. The fourth-order valence-corrected chi connectivity index (χ4v) is 6.30. The first-order valence-corrected chi connectivity index (χ1v) is 15.1. The number of alkyl halides is 1. The van der Waals surface area contributed by atoms with Crippen molar-refractivity contribution in [3.05, 3.63) is 81.2 Å². The SMILES string of the molecule is CC1(COc2c(N3CCN(S(=O)(=O)Cc4ccc(CCl)cc4)CC3)cnn(-c3cccc(Cl)c3)c2=O)CC1. The van der Waals surface area contributed by atoms with Gasteiger partial charge in [-0.1, -0.05) is 48.9 Å². The van der Waals surface area contributed by atoms with E-state index in [0.717, 1.165) is 24.0 Å². The number of sulfonamides is 1. The molecule has 2 fully saturated rings. The van der Waals surface area contributed by atoms with E-state index in [0.29, 0.717) is 55.1 Å². The predicted octanol–water partition coefficient (Wildman–Crippen LogP) is 4.46. The van der Waals surface area contributed by atoms with E-state index in [4.69, 9.17) is 27.9 Å². The Morgan fingerprint density at radius 3 is 2.34 bits per heavy atom. The summed E-state index contributed by atoms with van der Waals surface area (Å²) >= 11 is 12.0. The number of hydrogen-bond donors (Lipinski definition) is 0. The lowest BCUT2D eigenvalue weighted by Gasteiger charge is -2.35. The molecule has 1 aliphatic carbocycles. The van der Waals surface area contributed by atoms with Crippen molar-refractivity contribution in [3.63, 3.8) is 0 Å². The summed E-state index contributed by atoms with van der Waals surface area (Å²) < 4.78 is 35.1. The lowest BCUT2D eigenvalue weighted by Crippen LogP contribution is -2.49. The molecule has 3 aromatic rings. The van der Waals surface area contributed by atoms with Crippen molar-refractivity contribution in [3.8, 4) is 11.4 Å². The van der Waals surface area contributed by atoms with Crippen LogP contribution in [-0.2, 0) is 21.7 Å². The van der Waals surface area contributed by atoms with Crippen LogP contribution < -0.4 is 15.2 Å². The average Bonchev–Trinajstić information content (AvgIpc) is 3.65. The number of hydrogen-bond acceptors (Lipinski definition) is 6. The van der Waals surface area contributed by atoms with Gasteiger partial charge < -0.3 is 9.64 Å². The summed E-state index contributed by atoms with van der Waals surface area (Å²) in [5, 5.41) is 4.91. The number of nitrogens with zero attached hydrogens (tertiary/aromatic N) is 4. The number of halogens is 2. The van der Waals surface area contributed by atoms with E-state index in [1.165, 1.54) is 8.99 Å². The molecule has 0 bridgehead atoms. The monoisotopic (exact) mass is 576 g/mol. The Balaban J connectivity index is 1.35. The summed E-state index contributed by atoms with van der Waals surface area (Å²) in [4.78, 5) is 15.5. The van der Waals surface area contributed by atoms with E-state index in [1.54, 1.807) is 42.6 Å². The maximum atomic E-state index is 13.5. The summed E-state index contributed by atoms with van der Waals surface area (Å²) in [6, 6.07) is 14.2. The largest absolute Gasteiger partial charge is 0.486 e. The van der Waals surface area contributed by atoms with Gasteiger partial charge in [-0.25, -0.2) is 8.42 Å². The number of rotatable bonds is 9. The standard InChI is InChI=1S/C27H30Cl2N4O4S/c1-27(9-10-27)19-37-25-24(17-30-33(26(25)34)23-4-2-3-22(29)15-23)31-11-13-32(14-12-31)38(35,36)18-21-7-5-20(16-28)6-8-21/h2-8,15,17H,9-14,16,18-19H2,1H3. The van der Waals surface area contributed by atoms with Crippen LogP contribution in [0, 0.1) is 5.41 Å². The predicted molar refractivity (Wildman–Crippen MR) is 150 cm³/mol. The minimum Gasteiger partial charge on any atom is -0.486 e. The van der Waals surface area contributed by atoms with Crippen molar-refractivity contribution in [1.82, 2.24) is 14.1 Å². The molecule has 0 radical (unpaired) electrons. The van der Waals surface area contributed by atoms with E-state index < -0.39 is 10.0 Å². The van der Waals surface area contributed by atoms with E-state index in [1.807, 2.05) is 17.0 Å². The van der Waals surface area contributed by atoms with Crippen LogP contribution >= 0.6 is 23.2 Å². The molecule has 0 atom stereocenters. The fourth-order valence-electron chi connectivity index (χ4n) is 4.42. The Kier molecular flexibility index (Phi) is 7.73. The summed E-state index contributed by atoms with van der Waals surface area (Å²) in [6.45, 7) is 4.01. The second kappa shape index (κ2) is 10.9. The maximum Gasteiger partial charge on any atom is 0.316 e. The number of aromatic nitrogens is 2. The summed E-state index contributed by atoms with van der Waals surface area (Å²) in [5.41, 5.74) is 2.49. The molecule has 1 aromatic heterocycles. The molecule has 0 unspecified atom stereocenters. The van der Waals surface area contributed by atoms with Crippen molar-refractivity contribution in [2.75, 3.05) is 37.7 Å². The van der Waals surface area contributed by atoms with Crippen LogP contribution in [-0.4, -0.2) is 55.3 Å². The third-order valence-corrected chi connectivity index (χ3v) is 9.53. The van der Waals surface area contributed by atoms with Crippen LogP contribution in [0.4, 0.5) is 5.69 Å². The maximum absolute atomic E-state index is 13.5. The van der Waals surface area contributed by atoms with Gasteiger partial charge >= 0.3 is 5.56 Å². The molecule has 0 spiro atoms. The van der Waals surface area contributed by atoms with Gasteiger partial charge in [0.1, 0.15) is 5.69 Å². The van der Waals surface area contributed by atoms with Gasteiger partial charge in [-0.2, -0.15) is 14.1 Å². The van der Waals surface area contributed by atoms with E-state index >= 15 is 0 Å². The second-order valence-electron chi connectivity index (χ2n) is 10.2.